The van der Waals surface area contributed by atoms with Gasteiger partial charge in [-0.2, -0.15) is 8.42 Å². The van der Waals surface area contributed by atoms with Gasteiger partial charge in [0.1, 0.15) is 11.7 Å². The summed E-state index contributed by atoms with van der Waals surface area (Å²) in [5, 5.41) is 0. The molecule has 12 heavy (non-hydrogen) atoms. The second kappa shape index (κ2) is 2.18. The molecular weight excluding hydrogens is 184 g/mol. The van der Waals surface area contributed by atoms with Gasteiger partial charge in [-0.15, -0.1) is 0 Å². The van der Waals surface area contributed by atoms with Gasteiger partial charge in [0.15, 0.2) is 0 Å². The Morgan fingerprint density at radius 2 is 2.17 bits per heavy atom. The Balaban J connectivity index is 2.31. The molecule has 2 unspecified atom stereocenters. The maximum Gasteiger partial charge on any atom is 0.400 e. The Kier molecular flexibility index (Phi) is 1.52. The van der Waals surface area contributed by atoms with Crippen molar-refractivity contribution in [2.24, 2.45) is 11.5 Å². The van der Waals surface area contributed by atoms with E-state index in [-0.39, 0.29) is 0 Å². The van der Waals surface area contributed by atoms with Gasteiger partial charge in [0.2, 0.25) is 0 Å². The van der Waals surface area contributed by atoms with E-state index in [1.54, 1.807) is 0 Å². The molecule has 2 fully saturated rings. The lowest BCUT2D eigenvalue weighted by molar-refractivity contribution is -0.0646. The number of hydrogen-bond acceptors (Lipinski definition) is 6. The smallest absolute Gasteiger partial charge is 0.314 e. The number of rotatable bonds is 1. The van der Waals surface area contributed by atoms with E-state index in [0.29, 0.717) is 12.8 Å². The quantitative estimate of drug-likeness (QED) is 0.488. The highest BCUT2D eigenvalue weighted by Gasteiger charge is 2.62. The number of fused-ring (bicyclic) bond motifs is 1. The molecule has 0 aromatic rings. The molecule has 4 N–H and O–H groups in total. The summed E-state index contributed by atoms with van der Waals surface area (Å²) in [5.41, 5.74) is 9.82. The van der Waals surface area contributed by atoms with Crippen LogP contribution < -0.4 is 11.5 Å². The Hall–Kier alpha value is -0.210. The van der Waals surface area contributed by atoms with Crippen LogP contribution in [0, 0.1) is 0 Å². The first-order chi connectivity index (χ1) is 5.46. The molecule has 0 aromatic heterocycles. The maximum atomic E-state index is 10.8. The first kappa shape index (κ1) is 8.39. The number of hydrogen-bond donors (Lipinski definition) is 2. The average Bonchev–Trinajstić information content (AvgIpc) is 2.08. The van der Waals surface area contributed by atoms with Gasteiger partial charge in [-0.25, -0.2) is 8.37 Å². The lowest BCUT2D eigenvalue weighted by Gasteiger charge is -2.41. The van der Waals surface area contributed by atoms with Crippen molar-refractivity contribution in [2.45, 2.75) is 30.7 Å². The highest BCUT2D eigenvalue weighted by atomic mass is 32.3. The lowest BCUT2D eigenvalue weighted by Crippen LogP contribution is -2.64. The molecule has 1 heterocycles. The van der Waals surface area contributed by atoms with E-state index in [1.807, 2.05) is 0 Å². The van der Waals surface area contributed by atoms with Crippen LogP contribution in [0.15, 0.2) is 0 Å². The van der Waals surface area contributed by atoms with Crippen molar-refractivity contribution in [3.63, 3.8) is 0 Å². The van der Waals surface area contributed by atoms with E-state index in [0.717, 1.165) is 0 Å². The SMILES string of the molecule is NC(N)C12CCC1OS(=O)(=O)O2. The van der Waals surface area contributed by atoms with E-state index >= 15 is 0 Å². The monoisotopic (exact) mass is 194 g/mol. The molecule has 70 valence electrons. The number of nitrogens with two attached hydrogens (primary N) is 2. The van der Waals surface area contributed by atoms with Gasteiger partial charge in [-0.1, -0.05) is 0 Å². The van der Waals surface area contributed by atoms with Gasteiger partial charge < -0.3 is 11.5 Å². The molecule has 6 nitrogen and oxygen atoms in total. The first-order valence-corrected chi connectivity index (χ1v) is 4.95. The zero-order valence-corrected chi connectivity index (χ0v) is 7.08. The minimum atomic E-state index is -3.85. The maximum absolute atomic E-state index is 10.8. The highest BCUT2D eigenvalue weighted by Crippen LogP contribution is 2.46. The second-order valence-corrected chi connectivity index (χ2v) is 4.27. The highest BCUT2D eigenvalue weighted by molar-refractivity contribution is 7.82. The van der Waals surface area contributed by atoms with Crippen molar-refractivity contribution in [1.82, 2.24) is 0 Å². The third kappa shape index (κ3) is 0.913. The van der Waals surface area contributed by atoms with Crippen LogP contribution in [0.1, 0.15) is 12.8 Å². The topological polar surface area (TPSA) is 105 Å². The minimum Gasteiger partial charge on any atom is -0.314 e. The van der Waals surface area contributed by atoms with Crippen LogP contribution in [0.25, 0.3) is 0 Å². The van der Waals surface area contributed by atoms with E-state index in [4.69, 9.17) is 15.7 Å². The van der Waals surface area contributed by atoms with E-state index < -0.39 is 28.3 Å². The Labute approximate surface area is 70.1 Å². The molecular formula is C5H10N2O4S. The molecule has 1 saturated heterocycles. The summed E-state index contributed by atoms with van der Waals surface area (Å²) in [5.74, 6) is 0. The summed E-state index contributed by atoms with van der Waals surface area (Å²) in [6, 6.07) is 0. The van der Waals surface area contributed by atoms with E-state index in [9.17, 15) is 8.42 Å². The molecule has 2 rings (SSSR count). The molecule has 7 heteroatoms. The Bertz CT molecular complexity index is 301. The Morgan fingerprint density at radius 1 is 1.50 bits per heavy atom. The van der Waals surface area contributed by atoms with Crippen molar-refractivity contribution in [1.29, 1.82) is 0 Å². The van der Waals surface area contributed by atoms with Crippen molar-refractivity contribution in [3.05, 3.63) is 0 Å². The van der Waals surface area contributed by atoms with Gasteiger partial charge in [0.25, 0.3) is 0 Å². The molecule has 0 aromatic carbocycles. The molecule has 2 atom stereocenters. The summed E-state index contributed by atoms with van der Waals surface area (Å²) < 4.78 is 31.0. The molecule has 1 aliphatic carbocycles. The molecule has 0 spiro atoms. The summed E-state index contributed by atoms with van der Waals surface area (Å²) in [7, 11) is -3.85. The molecule has 2 aliphatic rings. The van der Waals surface area contributed by atoms with Crippen LogP contribution in [0.4, 0.5) is 0 Å². The van der Waals surface area contributed by atoms with Crippen LogP contribution in [0.3, 0.4) is 0 Å². The van der Waals surface area contributed by atoms with Crippen molar-refractivity contribution >= 4 is 10.4 Å². The van der Waals surface area contributed by atoms with Crippen LogP contribution in [-0.2, 0) is 18.8 Å². The predicted octanol–water partition coefficient (Wildman–Crippen LogP) is -1.58. The zero-order valence-electron chi connectivity index (χ0n) is 6.26. The fraction of sp³-hybridized carbons (Fsp3) is 1.00. The lowest BCUT2D eigenvalue weighted by atomic mass is 9.75. The fourth-order valence-corrected chi connectivity index (χ4v) is 2.83. The van der Waals surface area contributed by atoms with Gasteiger partial charge in [0.05, 0.1) is 6.17 Å². The van der Waals surface area contributed by atoms with E-state index in [2.05, 4.69) is 4.18 Å². The summed E-state index contributed by atoms with van der Waals surface area (Å²) >= 11 is 0. The third-order valence-corrected chi connectivity index (χ3v) is 3.38. The summed E-state index contributed by atoms with van der Waals surface area (Å²) in [6.45, 7) is 0. The van der Waals surface area contributed by atoms with Gasteiger partial charge in [0, 0.05) is 0 Å². The molecule has 0 amide bonds. The van der Waals surface area contributed by atoms with Crippen LogP contribution >= 0.6 is 0 Å². The standard InChI is InChI=1S/C5H10N2O4S/c6-4(7)5-2-1-3(5)10-12(8,9)11-5/h3-4H,1-2,6-7H2. The predicted molar refractivity (Wildman–Crippen MR) is 39.0 cm³/mol. The Morgan fingerprint density at radius 3 is 2.42 bits per heavy atom. The second-order valence-electron chi connectivity index (χ2n) is 3.10. The normalized spacial score (nSPS) is 44.1. The van der Waals surface area contributed by atoms with Crippen molar-refractivity contribution < 1.29 is 16.8 Å². The van der Waals surface area contributed by atoms with Crippen LogP contribution in [0.5, 0.6) is 0 Å². The van der Waals surface area contributed by atoms with Crippen molar-refractivity contribution in [2.75, 3.05) is 0 Å². The van der Waals surface area contributed by atoms with Crippen molar-refractivity contribution in [3.8, 4) is 0 Å². The van der Waals surface area contributed by atoms with Gasteiger partial charge >= 0.3 is 10.4 Å². The van der Waals surface area contributed by atoms with Gasteiger partial charge in [-0.05, 0) is 12.8 Å². The van der Waals surface area contributed by atoms with E-state index in [1.165, 1.54) is 0 Å². The molecule has 0 radical (unpaired) electrons. The summed E-state index contributed by atoms with van der Waals surface area (Å²) in [4.78, 5) is 0. The largest absolute Gasteiger partial charge is 0.400 e. The van der Waals surface area contributed by atoms with Crippen LogP contribution in [-0.4, -0.2) is 26.3 Å². The average molecular weight is 194 g/mol. The van der Waals surface area contributed by atoms with Gasteiger partial charge in [-0.3, -0.25) is 0 Å². The molecule has 0 bridgehead atoms. The summed E-state index contributed by atoms with van der Waals surface area (Å²) in [6.07, 6.45) is -0.130. The van der Waals surface area contributed by atoms with Crippen LogP contribution in [0.2, 0.25) is 0 Å². The molecule has 1 saturated carbocycles. The molecule has 1 aliphatic heterocycles. The fourth-order valence-electron chi connectivity index (χ4n) is 1.56. The minimum absolute atomic E-state index is 0.484. The third-order valence-electron chi connectivity index (χ3n) is 2.40. The first-order valence-electron chi connectivity index (χ1n) is 3.61. The zero-order chi connectivity index (χ0) is 8.98.